The Morgan fingerprint density at radius 2 is 2.00 bits per heavy atom. The van der Waals surface area contributed by atoms with Crippen LogP contribution >= 0.6 is 11.6 Å². The van der Waals surface area contributed by atoms with Crippen molar-refractivity contribution in [1.29, 1.82) is 0 Å². The first kappa shape index (κ1) is 13.4. The van der Waals surface area contributed by atoms with Gasteiger partial charge in [0, 0.05) is 11.8 Å². The van der Waals surface area contributed by atoms with Crippen LogP contribution in [0.15, 0.2) is 30.5 Å². The third-order valence-electron chi connectivity index (χ3n) is 2.53. The van der Waals surface area contributed by atoms with Crippen LogP contribution in [0.3, 0.4) is 0 Å². The van der Waals surface area contributed by atoms with Gasteiger partial charge in [0.1, 0.15) is 0 Å². The number of H-pyrrole nitrogens is 1. The van der Waals surface area contributed by atoms with Crippen LogP contribution in [-0.2, 0) is 0 Å². The zero-order chi connectivity index (χ0) is 14.8. The molecule has 1 N–H and O–H groups in total. The van der Waals surface area contributed by atoms with Gasteiger partial charge in [0.05, 0.1) is 5.02 Å². The topological polar surface area (TPSA) is 76.6 Å². The second-order valence-electron chi connectivity index (χ2n) is 3.94. The molecule has 0 saturated carbocycles. The van der Waals surface area contributed by atoms with Crippen molar-refractivity contribution in [2.45, 2.75) is 0 Å². The molecule has 21 heavy (non-hydrogen) atoms. The number of pyridine rings is 1. The van der Waals surface area contributed by atoms with Crippen molar-refractivity contribution < 1.29 is 13.5 Å². The van der Waals surface area contributed by atoms with Crippen molar-refractivity contribution in [2.75, 3.05) is 0 Å². The fraction of sp³-hybridized carbons (Fsp3) is 0. The number of hydrogen-bond acceptors (Lipinski definition) is 5. The third kappa shape index (κ3) is 2.79. The molecule has 0 amide bonds. The van der Waals surface area contributed by atoms with Crippen LogP contribution in [0.5, 0.6) is 11.6 Å². The Labute approximate surface area is 121 Å². The van der Waals surface area contributed by atoms with Gasteiger partial charge in [0.15, 0.2) is 23.2 Å². The maximum atomic E-state index is 14.0. The molecule has 2 aromatic heterocycles. The van der Waals surface area contributed by atoms with Gasteiger partial charge in [-0.1, -0.05) is 11.6 Å². The molecule has 0 fully saturated rings. The van der Waals surface area contributed by atoms with Crippen LogP contribution in [-0.4, -0.2) is 25.6 Å². The summed E-state index contributed by atoms with van der Waals surface area (Å²) in [4.78, 5) is 3.65. The van der Waals surface area contributed by atoms with E-state index in [-0.39, 0.29) is 16.7 Å². The van der Waals surface area contributed by atoms with E-state index < -0.39 is 11.6 Å². The van der Waals surface area contributed by atoms with Crippen molar-refractivity contribution >= 4 is 11.6 Å². The molecule has 106 valence electrons. The molecule has 1 aromatic carbocycles. The molecule has 2 heterocycles. The maximum Gasteiger partial charge on any atom is 0.256 e. The summed E-state index contributed by atoms with van der Waals surface area (Å²) >= 11 is 5.57. The van der Waals surface area contributed by atoms with Crippen LogP contribution < -0.4 is 4.74 Å². The second-order valence-corrected chi connectivity index (χ2v) is 4.37. The number of nitrogens with one attached hydrogen (secondary N) is 1. The van der Waals surface area contributed by atoms with Crippen molar-refractivity contribution in [1.82, 2.24) is 25.6 Å². The number of tetrazole rings is 1. The highest BCUT2D eigenvalue weighted by atomic mass is 35.5. The van der Waals surface area contributed by atoms with Crippen LogP contribution in [0.25, 0.3) is 11.4 Å². The zero-order valence-electron chi connectivity index (χ0n) is 10.2. The van der Waals surface area contributed by atoms with Crippen molar-refractivity contribution in [3.8, 4) is 23.0 Å². The number of aromatic amines is 1. The van der Waals surface area contributed by atoms with E-state index in [0.717, 1.165) is 12.1 Å². The van der Waals surface area contributed by atoms with Gasteiger partial charge in [-0.3, -0.25) is 0 Å². The van der Waals surface area contributed by atoms with Gasteiger partial charge >= 0.3 is 0 Å². The number of benzene rings is 1. The minimum atomic E-state index is -0.787. The summed E-state index contributed by atoms with van der Waals surface area (Å²) in [7, 11) is 0. The van der Waals surface area contributed by atoms with Gasteiger partial charge < -0.3 is 4.74 Å². The first-order chi connectivity index (χ1) is 10.1. The lowest BCUT2D eigenvalue weighted by Gasteiger charge is -2.07. The summed E-state index contributed by atoms with van der Waals surface area (Å²) in [6.45, 7) is 0. The first-order valence-corrected chi connectivity index (χ1v) is 6.04. The number of ether oxygens (including phenoxy) is 1. The van der Waals surface area contributed by atoms with Crippen LogP contribution in [0.4, 0.5) is 8.78 Å². The molecular weight excluding hydrogens is 304 g/mol. The maximum absolute atomic E-state index is 14.0. The Balaban J connectivity index is 1.89. The summed E-state index contributed by atoms with van der Waals surface area (Å²) in [6, 6.07) is 5.03. The first-order valence-electron chi connectivity index (χ1n) is 5.66. The summed E-state index contributed by atoms with van der Waals surface area (Å²) < 4.78 is 32.6. The highest BCUT2D eigenvalue weighted by Gasteiger charge is 2.12. The molecular formula is C12H6ClF2N5O. The summed E-state index contributed by atoms with van der Waals surface area (Å²) in [5.74, 6) is -1.74. The summed E-state index contributed by atoms with van der Waals surface area (Å²) in [5, 5.41) is 13.1. The SMILES string of the molecule is Fc1cc(-c2nnn[nH]2)ccc1Oc1ncc(Cl)cc1F. The molecule has 0 spiro atoms. The number of rotatable bonds is 3. The molecule has 0 unspecified atom stereocenters. The van der Waals surface area contributed by atoms with Crippen LogP contribution in [0, 0.1) is 11.6 Å². The van der Waals surface area contributed by atoms with Gasteiger partial charge in [0.25, 0.3) is 5.88 Å². The molecule has 0 aliphatic rings. The Hall–Kier alpha value is -2.61. The number of hydrogen-bond donors (Lipinski definition) is 1. The standard InChI is InChI=1S/C12H6ClF2N5O/c13-7-4-9(15)12(16-5-7)21-10-2-1-6(3-8(10)14)11-17-19-20-18-11/h1-5H,(H,17,18,19,20). The minimum absolute atomic E-state index is 0.119. The van der Waals surface area contributed by atoms with E-state index in [4.69, 9.17) is 16.3 Å². The molecule has 0 bridgehead atoms. The van der Waals surface area contributed by atoms with Crippen molar-refractivity contribution in [3.63, 3.8) is 0 Å². The molecule has 6 nitrogen and oxygen atoms in total. The predicted molar refractivity (Wildman–Crippen MR) is 68.9 cm³/mol. The average Bonchev–Trinajstić information content (AvgIpc) is 2.98. The van der Waals surface area contributed by atoms with Crippen molar-refractivity contribution in [3.05, 3.63) is 47.1 Å². The van der Waals surface area contributed by atoms with E-state index in [2.05, 4.69) is 25.6 Å². The zero-order valence-corrected chi connectivity index (χ0v) is 11.0. The normalized spacial score (nSPS) is 10.6. The molecule has 0 atom stereocenters. The lowest BCUT2D eigenvalue weighted by Crippen LogP contribution is -1.95. The quantitative estimate of drug-likeness (QED) is 0.805. The summed E-state index contributed by atoms with van der Waals surface area (Å²) in [6.07, 6.45) is 1.20. The molecule has 9 heteroatoms. The van der Waals surface area contributed by atoms with Gasteiger partial charge in [-0.15, -0.1) is 5.10 Å². The summed E-state index contributed by atoms with van der Waals surface area (Å²) in [5.41, 5.74) is 0.425. The number of nitrogens with zero attached hydrogens (tertiary/aromatic N) is 4. The van der Waals surface area contributed by atoms with Crippen molar-refractivity contribution in [2.24, 2.45) is 0 Å². The van der Waals surface area contributed by atoms with E-state index in [0.29, 0.717) is 11.4 Å². The predicted octanol–water partition coefficient (Wildman–Crippen LogP) is 2.99. The van der Waals surface area contributed by atoms with Gasteiger partial charge in [0.2, 0.25) is 0 Å². The van der Waals surface area contributed by atoms with Gasteiger partial charge in [-0.25, -0.2) is 18.9 Å². The second kappa shape index (κ2) is 5.41. The molecule has 0 aliphatic heterocycles. The smallest absolute Gasteiger partial charge is 0.256 e. The highest BCUT2D eigenvalue weighted by Crippen LogP contribution is 2.28. The molecule has 0 radical (unpaired) electrons. The van der Waals surface area contributed by atoms with Gasteiger partial charge in [-0.05, 0) is 34.7 Å². The Morgan fingerprint density at radius 1 is 1.14 bits per heavy atom. The molecule has 0 saturated heterocycles. The Kier molecular flexibility index (Phi) is 3.44. The average molecular weight is 310 g/mol. The number of halogens is 3. The van der Waals surface area contributed by atoms with Crippen LogP contribution in [0.1, 0.15) is 0 Å². The number of aromatic nitrogens is 5. The van der Waals surface area contributed by atoms with E-state index >= 15 is 0 Å². The monoisotopic (exact) mass is 309 g/mol. The lowest BCUT2D eigenvalue weighted by atomic mass is 10.2. The van der Waals surface area contributed by atoms with Gasteiger partial charge in [-0.2, -0.15) is 0 Å². The molecule has 0 aliphatic carbocycles. The Bertz CT molecular complexity index is 781. The van der Waals surface area contributed by atoms with E-state index in [1.165, 1.54) is 18.3 Å². The fourth-order valence-corrected chi connectivity index (χ4v) is 1.74. The lowest BCUT2D eigenvalue weighted by molar-refractivity contribution is 0.398. The molecule has 3 rings (SSSR count). The fourth-order valence-electron chi connectivity index (χ4n) is 1.59. The van der Waals surface area contributed by atoms with E-state index in [9.17, 15) is 8.78 Å². The third-order valence-corrected chi connectivity index (χ3v) is 2.74. The largest absolute Gasteiger partial charge is 0.433 e. The minimum Gasteiger partial charge on any atom is -0.433 e. The van der Waals surface area contributed by atoms with E-state index in [1.54, 1.807) is 0 Å². The molecule has 3 aromatic rings. The highest BCUT2D eigenvalue weighted by molar-refractivity contribution is 6.30. The van der Waals surface area contributed by atoms with E-state index in [1.807, 2.05) is 0 Å². The Morgan fingerprint density at radius 3 is 2.67 bits per heavy atom. The van der Waals surface area contributed by atoms with Crippen LogP contribution in [0.2, 0.25) is 5.02 Å².